The van der Waals surface area contributed by atoms with Crippen molar-refractivity contribution in [1.82, 2.24) is 0 Å². The second-order valence-electron chi connectivity index (χ2n) is 4.41. The average molecular weight is 252 g/mol. The SMILES string of the molecule is COc1ccc(COCC[C@H]2O[C@@H]2CCO)cc1. The highest BCUT2D eigenvalue weighted by Crippen LogP contribution is 2.27. The molecule has 0 aromatic heterocycles. The molecule has 100 valence electrons. The fourth-order valence-electron chi connectivity index (χ4n) is 1.93. The Morgan fingerprint density at radius 2 is 1.89 bits per heavy atom. The zero-order chi connectivity index (χ0) is 12.8. The number of benzene rings is 1. The maximum atomic E-state index is 8.74. The Balaban J connectivity index is 1.58. The molecule has 2 rings (SSSR count). The van der Waals surface area contributed by atoms with E-state index >= 15 is 0 Å². The van der Waals surface area contributed by atoms with Gasteiger partial charge in [-0.25, -0.2) is 0 Å². The molecule has 0 aliphatic carbocycles. The summed E-state index contributed by atoms with van der Waals surface area (Å²) < 4.78 is 16.1. The molecule has 1 N–H and O–H groups in total. The van der Waals surface area contributed by atoms with Gasteiger partial charge in [0.25, 0.3) is 0 Å². The van der Waals surface area contributed by atoms with Crippen molar-refractivity contribution in [1.29, 1.82) is 0 Å². The molecule has 0 spiro atoms. The number of methoxy groups -OCH3 is 1. The van der Waals surface area contributed by atoms with Crippen LogP contribution in [0.3, 0.4) is 0 Å². The zero-order valence-corrected chi connectivity index (χ0v) is 10.7. The minimum absolute atomic E-state index is 0.202. The summed E-state index contributed by atoms with van der Waals surface area (Å²) in [6, 6.07) is 7.86. The van der Waals surface area contributed by atoms with E-state index < -0.39 is 0 Å². The van der Waals surface area contributed by atoms with Crippen molar-refractivity contribution in [3.8, 4) is 5.75 Å². The molecule has 4 heteroatoms. The number of hydrogen-bond acceptors (Lipinski definition) is 4. The second kappa shape index (κ2) is 6.73. The summed E-state index contributed by atoms with van der Waals surface area (Å²) in [6.07, 6.45) is 2.18. The van der Waals surface area contributed by atoms with Crippen LogP contribution in [0.5, 0.6) is 5.75 Å². The van der Waals surface area contributed by atoms with E-state index in [2.05, 4.69) is 0 Å². The van der Waals surface area contributed by atoms with Crippen LogP contribution in [0.4, 0.5) is 0 Å². The predicted molar refractivity (Wildman–Crippen MR) is 67.6 cm³/mol. The summed E-state index contributed by atoms with van der Waals surface area (Å²) in [5.74, 6) is 0.858. The molecule has 1 aromatic carbocycles. The second-order valence-corrected chi connectivity index (χ2v) is 4.41. The van der Waals surface area contributed by atoms with E-state index in [0.717, 1.165) is 24.2 Å². The molecule has 1 fully saturated rings. The minimum atomic E-state index is 0.202. The summed E-state index contributed by atoms with van der Waals surface area (Å²) >= 11 is 0. The third kappa shape index (κ3) is 3.98. The third-order valence-electron chi connectivity index (χ3n) is 3.08. The monoisotopic (exact) mass is 252 g/mol. The normalized spacial score (nSPS) is 21.9. The van der Waals surface area contributed by atoms with Crippen LogP contribution in [0.2, 0.25) is 0 Å². The molecule has 0 saturated carbocycles. The van der Waals surface area contributed by atoms with Gasteiger partial charge in [0, 0.05) is 13.2 Å². The molecule has 0 unspecified atom stereocenters. The van der Waals surface area contributed by atoms with Crippen LogP contribution >= 0.6 is 0 Å². The van der Waals surface area contributed by atoms with Crippen LogP contribution in [-0.2, 0) is 16.1 Å². The molecule has 2 atom stereocenters. The maximum absolute atomic E-state index is 8.74. The van der Waals surface area contributed by atoms with E-state index in [0.29, 0.717) is 13.2 Å². The Bertz CT molecular complexity index is 349. The lowest BCUT2D eigenvalue weighted by atomic mass is 10.2. The molecular formula is C14H20O4. The van der Waals surface area contributed by atoms with Crippen LogP contribution in [-0.4, -0.2) is 37.6 Å². The van der Waals surface area contributed by atoms with Gasteiger partial charge in [-0.2, -0.15) is 0 Å². The van der Waals surface area contributed by atoms with Crippen molar-refractivity contribution < 1.29 is 19.3 Å². The van der Waals surface area contributed by atoms with E-state index in [1.54, 1.807) is 7.11 Å². The summed E-state index contributed by atoms with van der Waals surface area (Å²) in [5, 5.41) is 8.74. The van der Waals surface area contributed by atoms with Crippen molar-refractivity contribution in [2.75, 3.05) is 20.3 Å². The van der Waals surface area contributed by atoms with Gasteiger partial charge in [0.05, 0.1) is 25.9 Å². The first-order chi connectivity index (χ1) is 8.83. The van der Waals surface area contributed by atoms with Gasteiger partial charge < -0.3 is 19.3 Å². The fourth-order valence-corrected chi connectivity index (χ4v) is 1.93. The van der Waals surface area contributed by atoms with E-state index in [1.807, 2.05) is 24.3 Å². The number of hydrogen-bond donors (Lipinski definition) is 1. The summed E-state index contributed by atoms with van der Waals surface area (Å²) in [6.45, 7) is 1.51. The van der Waals surface area contributed by atoms with Gasteiger partial charge in [-0.3, -0.25) is 0 Å². The largest absolute Gasteiger partial charge is 0.497 e. The standard InChI is InChI=1S/C14H20O4/c1-16-12-4-2-11(3-5-12)10-17-9-7-14-13(18-14)6-8-15/h2-5,13-15H,6-10H2,1H3/t13-,14-/m1/s1. The van der Waals surface area contributed by atoms with Gasteiger partial charge in [0.15, 0.2) is 0 Å². The smallest absolute Gasteiger partial charge is 0.118 e. The Kier molecular flexibility index (Phi) is 4.99. The molecule has 18 heavy (non-hydrogen) atoms. The predicted octanol–water partition coefficient (Wildman–Crippen LogP) is 1.75. The van der Waals surface area contributed by atoms with Crippen molar-refractivity contribution in [2.45, 2.75) is 31.7 Å². The molecule has 0 amide bonds. The van der Waals surface area contributed by atoms with Gasteiger partial charge in [0.2, 0.25) is 0 Å². The first-order valence-corrected chi connectivity index (χ1v) is 6.30. The van der Waals surface area contributed by atoms with E-state index in [1.165, 1.54) is 0 Å². The highest BCUT2D eigenvalue weighted by atomic mass is 16.6. The Morgan fingerprint density at radius 1 is 1.17 bits per heavy atom. The van der Waals surface area contributed by atoms with Crippen molar-refractivity contribution in [3.63, 3.8) is 0 Å². The molecule has 1 aliphatic rings. The van der Waals surface area contributed by atoms with Crippen molar-refractivity contribution >= 4 is 0 Å². The molecule has 4 nitrogen and oxygen atoms in total. The molecule has 1 saturated heterocycles. The lowest BCUT2D eigenvalue weighted by Gasteiger charge is -2.04. The summed E-state index contributed by atoms with van der Waals surface area (Å²) in [4.78, 5) is 0. The first kappa shape index (κ1) is 13.3. The molecule has 1 heterocycles. The lowest BCUT2D eigenvalue weighted by Crippen LogP contribution is -2.02. The van der Waals surface area contributed by atoms with Crippen LogP contribution in [0.25, 0.3) is 0 Å². The molecule has 1 aliphatic heterocycles. The first-order valence-electron chi connectivity index (χ1n) is 6.30. The molecule has 0 radical (unpaired) electrons. The van der Waals surface area contributed by atoms with Crippen LogP contribution in [0.15, 0.2) is 24.3 Å². The van der Waals surface area contributed by atoms with Gasteiger partial charge in [0.1, 0.15) is 5.75 Å². The topological polar surface area (TPSA) is 51.2 Å². The van der Waals surface area contributed by atoms with Gasteiger partial charge in [-0.1, -0.05) is 12.1 Å². The van der Waals surface area contributed by atoms with Gasteiger partial charge in [-0.15, -0.1) is 0 Å². The number of rotatable bonds is 8. The quantitative estimate of drug-likeness (QED) is 0.565. The third-order valence-corrected chi connectivity index (χ3v) is 3.08. The molecule has 0 bridgehead atoms. The molecular weight excluding hydrogens is 232 g/mol. The van der Waals surface area contributed by atoms with Crippen LogP contribution in [0, 0.1) is 0 Å². The highest BCUT2D eigenvalue weighted by molar-refractivity contribution is 5.26. The summed E-state index contributed by atoms with van der Waals surface area (Å²) in [7, 11) is 1.66. The van der Waals surface area contributed by atoms with E-state index in [4.69, 9.17) is 19.3 Å². The van der Waals surface area contributed by atoms with Gasteiger partial charge in [-0.05, 0) is 30.5 Å². The van der Waals surface area contributed by atoms with E-state index in [9.17, 15) is 0 Å². The van der Waals surface area contributed by atoms with Crippen LogP contribution < -0.4 is 4.74 Å². The van der Waals surface area contributed by atoms with Crippen molar-refractivity contribution in [2.24, 2.45) is 0 Å². The number of ether oxygens (including phenoxy) is 3. The number of aliphatic hydroxyl groups excluding tert-OH is 1. The average Bonchev–Trinajstić information content (AvgIpc) is 3.14. The minimum Gasteiger partial charge on any atom is -0.497 e. The van der Waals surface area contributed by atoms with Gasteiger partial charge >= 0.3 is 0 Å². The van der Waals surface area contributed by atoms with Crippen LogP contribution in [0.1, 0.15) is 18.4 Å². The fraction of sp³-hybridized carbons (Fsp3) is 0.571. The Labute approximate surface area is 107 Å². The zero-order valence-electron chi connectivity index (χ0n) is 10.7. The maximum Gasteiger partial charge on any atom is 0.118 e. The highest BCUT2D eigenvalue weighted by Gasteiger charge is 2.37. The van der Waals surface area contributed by atoms with E-state index in [-0.39, 0.29) is 18.8 Å². The summed E-state index contributed by atoms with van der Waals surface area (Å²) in [5.41, 5.74) is 1.14. The number of epoxide rings is 1. The van der Waals surface area contributed by atoms with Crippen molar-refractivity contribution in [3.05, 3.63) is 29.8 Å². The Hall–Kier alpha value is -1.10. The Morgan fingerprint density at radius 3 is 2.56 bits per heavy atom. The lowest BCUT2D eigenvalue weighted by molar-refractivity contribution is 0.113. The molecule has 1 aromatic rings. The number of aliphatic hydroxyl groups is 1.